The summed E-state index contributed by atoms with van der Waals surface area (Å²) < 4.78 is 6.20. The van der Waals surface area contributed by atoms with Crippen LogP contribution < -0.4 is 5.32 Å². The van der Waals surface area contributed by atoms with Crippen molar-refractivity contribution in [2.75, 3.05) is 7.11 Å². The monoisotopic (exact) mass is 351 g/mol. The van der Waals surface area contributed by atoms with Gasteiger partial charge in [-0.05, 0) is 58.8 Å². The summed E-state index contributed by atoms with van der Waals surface area (Å²) in [6.45, 7) is 2.24. The standard InChI is InChI=1S/C18H17N5O3/c1-12-9-15(7-8-16(12)23-11-20-21-22-23)17(24)19-10-13-3-5-14(6-4-13)18(25)26-2/h3-9,11H,10H2,1-2H3,(H,19,24). The van der Waals surface area contributed by atoms with Crippen molar-refractivity contribution < 1.29 is 14.3 Å². The largest absolute Gasteiger partial charge is 0.465 e. The van der Waals surface area contributed by atoms with Crippen LogP contribution in [-0.2, 0) is 11.3 Å². The number of benzene rings is 2. The van der Waals surface area contributed by atoms with Crippen molar-refractivity contribution in [2.24, 2.45) is 0 Å². The van der Waals surface area contributed by atoms with Crippen molar-refractivity contribution in [3.63, 3.8) is 0 Å². The molecule has 2 aromatic carbocycles. The van der Waals surface area contributed by atoms with Gasteiger partial charge in [0.1, 0.15) is 6.33 Å². The molecular weight excluding hydrogens is 334 g/mol. The Kier molecular flexibility index (Phi) is 5.02. The highest BCUT2D eigenvalue weighted by Gasteiger charge is 2.10. The summed E-state index contributed by atoms with van der Waals surface area (Å²) in [5.74, 6) is -0.577. The number of aryl methyl sites for hydroxylation is 1. The summed E-state index contributed by atoms with van der Waals surface area (Å²) in [6, 6.07) is 12.2. The van der Waals surface area contributed by atoms with Gasteiger partial charge in [0, 0.05) is 12.1 Å². The lowest BCUT2D eigenvalue weighted by Crippen LogP contribution is -2.23. The SMILES string of the molecule is COC(=O)c1ccc(CNC(=O)c2ccc(-n3cnnn3)c(C)c2)cc1. The normalized spacial score (nSPS) is 10.4. The number of carbonyl (C=O) groups excluding carboxylic acids is 2. The number of amides is 1. The third-order valence-corrected chi connectivity index (χ3v) is 3.88. The van der Waals surface area contributed by atoms with Gasteiger partial charge in [-0.15, -0.1) is 5.10 Å². The van der Waals surface area contributed by atoms with Crippen LogP contribution in [0, 0.1) is 6.92 Å². The van der Waals surface area contributed by atoms with E-state index in [0.29, 0.717) is 17.7 Å². The maximum absolute atomic E-state index is 12.4. The lowest BCUT2D eigenvalue weighted by Gasteiger charge is -2.09. The molecule has 3 rings (SSSR count). The van der Waals surface area contributed by atoms with Gasteiger partial charge in [0.15, 0.2) is 0 Å². The van der Waals surface area contributed by atoms with Gasteiger partial charge in [0.05, 0.1) is 18.4 Å². The fourth-order valence-corrected chi connectivity index (χ4v) is 2.49. The predicted molar refractivity (Wildman–Crippen MR) is 92.8 cm³/mol. The predicted octanol–water partition coefficient (Wildman–Crippen LogP) is 1.69. The topological polar surface area (TPSA) is 99.0 Å². The second kappa shape index (κ2) is 7.56. The molecule has 8 heteroatoms. The van der Waals surface area contributed by atoms with Gasteiger partial charge >= 0.3 is 5.97 Å². The minimum atomic E-state index is -0.390. The average Bonchev–Trinajstić information content (AvgIpc) is 3.20. The highest BCUT2D eigenvalue weighted by atomic mass is 16.5. The van der Waals surface area contributed by atoms with Crippen LogP contribution in [0.5, 0.6) is 0 Å². The highest BCUT2D eigenvalue weighted by Crippen LogP contribution is 2.14. The highest BCUT2D eigenvalue weighted by molar-refractivity contribution is 5.94. The van der Waals surface area contributed by atoms with E-state index in [1.165, 1.54) is 13.4 Å². The lowest BCUT2D eigenvalue weighted by molar-refractivity contribution is 0.0600. The van der Waals surface area contributed by atoms with E-state index in [2.05, 4.69) is 25.6 Å². The summed E-state index contributed by atoms with van der Waals surface area (Å²) in [5.41, 5.74) is 3.59. The second-order valence-electron chi connectivity index (χ2n) is 5.63. The third kappa shape index (κ3) is 3.75. The molecule has 132 valence electrons. The summed E-state index contributed by atoms with van der Waals surface area (Å²) in [5, 5.41) is 13.9. The van der Waals surface area contributed by atoms with Crippen molar-refractivity contribution in [3.8, 4) is 5.69 Å². The van der Waals surface area contributed by atoms with Crippen molar-refractivity contribution in [1.29, 1.82) is 0 Å². The summed E-state index contributed by atoms with van der Waals surface area (Å²) in [6.07, 6.45) is 1.50. The van der Waals surface area contributed by atoms with Crippen LogP contribution in [0.4, 0.5) is 0 Å². The number of hydrogen-bond acceptors (Lipinski definition) is 6. The first-order valence-corrected chi connectivity index (χ1v) is 7.88. The van der Waals surface area contributed by atoms with Gasteiger partial charge in [0.25, 0.3) is 5.91 Å². The van der Waals surface area contributed by atoms with E-state index in [-0.39, 0.29) is 5.91 Å². The second-order valence-corrected chi connectivity index (χ2v) is 5.63. The molecule has 0 aliphatic heterocycles. The van der Waals surface area contributed by atoms with Crippen LogP contribution >= 0.6 is 0 Å². The number of nitrogens with zero attached hydrogens (tertiary/aromatic N) is 4. The quantitative estimate of drug-likeness (QED) is 0.702. The smallest absolute Gasteiger partial charge is 0.337 e. The minimum Gasteiger partial charge on any atom is -0.465 e. The number of nitrogens with one attached hydrogen (secondary N) is 1. The maximum atomic E-state index is 12.4. The Morgan fingerprint density at radius 2 is 1.85 bits per heavy atom. The molecule has 26 heavy (non-hydrogen) atoms. The molecule has 3 aromatic rings. The molecule has 0 atom stereocenters. The number of carbonyl (C=O) groups is 2. The number of ether oxygens (including phenoxy) is 1. The molecular formula is C18H17N5O3. The van der Waals surface area contributed by atoms with Gasteiger partial charge in [0.2, 0.25) is 0 Å². The molecule has 8 nitrogen and oxygen atoms in total. The van der Waals surface area contributed by atoms with Gasteiger partial charge < -0.3 is 10.1 Å². The first kappa shape index (κ1) is 17.3. The van der Waals surface area contributed by atoms with E-state index < -0.39 is 5.97 Å². The Hall–Kier alpha value is -3.55. The molecule has 0 bridgehead atoms. The van der Waals surface area contributed by atoms with Crippen LogP contribution in [0.1, 0.15) is 31.8 Å². The molecule has 0 aliphatic carbocycles. The number of rotatable bonds is 5. The molecule has 1 N–H and O–H groups in total. The minimum absolute atomic E-state index is 0.187. The van der Waals surface area contributed by atoms with E-state index in [1.807, 2.05) is 6.92 Å². The molecule has 0 saturated carbocycles. The van der Waals surface area contributed by atoms with E-state index in [1.54, 1.807) is 47.1 Å². The Morgan fingerprint density at radius 1 is 1.12 bits per heavy atom. The molecule has 0 spiro atoms. The van der Waals surface area contributed by atoms with Crippen LogP contribution in [0.15, 0.2) is 48.8 Å². The lowest BCUT2D eigenvalue weighted by atomic mass is 10.1. The first-order chi connectivity index (χ1) is 12.6. The van der Waals surface area contributed by atoms with Crippen LogP contribution in [0.25, 0.3) is 5.69 Å². The molecule has 1 heterocycles. The van der Waals surface area contributed by atoms with Crippen LogP contribution in [-0.4, -0.2) is 39.2 Å². The fraction of sp³-hybridized carbons (Fsp3) is 0.167. The zero-order valence-corrected chi connectivity index (χ0v) is 14.3. The van der Waals surface area contributed by atoms with E-state index in [4.69, 9.17) is 0 Å². The molecule has 1 amide bonds. The zero-order chi connectivity index (χ0) is 18.5. The molecule has 0 radical (unpaired) electrons. The number of methoxy groups -OCH3 is 1. The van der Waals surface area contributed by atoms with E-state index in [9.17, 15) is 9.59 Å². The Balaban J connectivity index is 1.65. The van der Waals surface area contributed by atoms with Crippen molar-refractivity contribution in [3.05, 3.63) is 71.0 Å². The Bertz CT molecular complexity index is 921. The van der Waals surface area contributed by atoms with E-state index >= 15 is 0 Å². The van der Waals surface area contributed by atoms with Gasteiger partial charge in [-0.25, -0.2) is 9.48 Å². The van der Waals surface area contributed by atoms with Crippen LogP contribution in [0.2, 0.25) is 0 Å². The molecule has 0 saturated heterocycles. The number of aromatic nitrogens is 4. The third-order valence-electron chi connectivity index (χ3n) is 3.88. The summed E-state index contributed by atoms with van der Waals surface area (Å²) >= 11 is 0. The molecule has 0 unspecified atom stereocenters. The van der Waals surface area contributed by atoms with Crippen molar-refractivity contribution >= 4 is 11.9 Å². The van der Waals surface area contributed by atoms with Crippen molar-refractivity contribution in [2.45, 2.75) is 13.5 Å². The summed E-state index contributed by atoms with van der Waals surface area (Å²) in [7, 11) is 1.34. The number of esters is 1. The van der Waals surface area contributed by atoms with Gasteiger partial charge in [-0.3, -0.25) is 4.79 Å². The number of tetrazole rings is 1. The van der Waals surface area contributed by atoms with Crippen LogP contribution in [0.3, 0.4) is 0 Å². The van der Waals surface area contributed by atoms with Gasteiger partial charge in [-0.1, -0.05) is 12.1 Å². The maximum Gasteiger partial charge on any atom is 0.337 e. The number of hydrogen-bond donors (Lipinski definition) is 1. The molecule has 0 aliphatic rings. The Morgan fingerprint density at radius 3 is 2.46 bits per heavy atom. The van der Waals surface area contributed by atoms with E-state index in [0.717, 1.165) is 16.8 Å². The molecule has 1 aromatic heterocycles. The average molecular weight is 351 g/mol. The summed E-state index contributed by atoms with van der Waals surface area (Å²) in [4.78, 5) is 23.8. The molecule has 0 fully saturated rings. The first-order valence-electron chi connectivity index (χ1n) is 7.88. The van der Waals surface area contributed by atoms with Gasteiger partial charge in [-0.2, -0.15) is 0 Å². The zero-order valence-electron chi connectivity index (χ0n) is 14.3. The van der Waals surface area contributed by atoms with Crippen molar-refractivity contribution in [1.82, 2.24) is 25.5 Å². The fourth-order valence-electron chi connectivity index (χ4n) is 2.49. The Labute approximate surface area is 149 Å².